The molecular formula is C19H19FN2O. The Labute approximate surface area is 135 Å². The molecule has 1 aliphatic carbocycles. The van der Waals surface area contributed by atoms with Crippen LogP contribution in [0.4, 0.5) is 4.39 Å². The Morgan fingerprint density at radius 2 is 2.04 bits per heavy atom. The van der Waals surface area contributed by atoms with Gasteiger partial charge in [-0.2, -0.15) is 0 Å². The maximum Gasteiger partial charge on any atom is 0.231 e. The number of fused-ring (bicyclic) bond motifs is 1. The third-order valence-electron chi connectivity index (χ3n) is 4.91. The molecule has 0 aromatic heterocycles. The number of nitrogens with one attached hydrogen (secondary N) is 1. The molecule has 0 radical (unpaired) electrons. The van der Waals surface area contributed by atoms with Crippen LogP contribution in [0.3, 0.4) is 0 Å². The summed E-state index contributed by atoms with van der Waals surface area (Å²) in [5.74, 6) is -0.130. The lowest BCUT2D eigenvalue weighted by Gasteiger charge is -2.41. The summed E-state index contributed by atoms with van der Waals surface area (Å²) in [7, 11) is 0. The molecule has 0 bridgehead atoms. The molecule has 1 saturated heterocycles. The first-order chi connectivity index (χ1) is 11.2. The average molecular weight is 310 g/mol. The third-order valence-corrected chi connectivity index (χ3v) is 4.91. The first kappa shape index (κ1) is 14.4. The van der Waals surface area contributed by atoms with Crippen LogP contribution < -0.4 is 5.32 Å². The van der Waals surface area contributed by atoms with Gasteiger partial charge in [-0.05, 0) is 35.2 Å². The molecule has 1 fully saturated rings. The molecule has 2 unspecified atom stereocenters. The second-order valence-corrected chi connectivity index (χ2v) is 6.26. The highest BCUT2D eigenvalue weighted by Crippen LogP contribution is 2.38. The smallest absolute Gasteiger partial charge is 0.231 e. The van der Waals surface area contributed by atoms with Gasteiger partial charge >= 0.3 is 0 Å². The maximum atomic E-state index is 13.6. The third kappa shape index (κ3) is 2.53. The van der Waals surface area contributed by atoms with Gasteiger partial charge in [-0.15, -0.1) is 0 Å². The molecule has 2 aromatic rings. The van der Waals surface area contributed by atoms with E-state index < -0.39 is 0 Å². The number of halogens is 1. The van der Waals surface area contributed by atoms with E-state index in [9.17, 15) is 9.18 Å². The monoisotopic (exact) mass is 310 g/mol. The van der Waals surface area contributed by atoms with Gasteiger partial charge in [0.1, 0.15) is 5.82 Å². The number of hydrogen-bond acceptors (Lipinski definition) is 2. The van der Waals surface area contributed by atoms with Crippen molar-refractivity contribution in [3.8, 4) is 0 Å². The van der Waals surface area contributed by atoms with Crippen molar-refractivity contribution in [3.05, 3.63) is 71.0 Å². The molecule has 1 aliphatic heterocycles. The molecular weight excluding hydrogens is 291 g/mol. The van der Waals surface area contributed by atoms with Gasteiger partial charge in [0.2, 0.25) is 5.91 Å². The van der Waals surface area contributed by atoms with Crippen LogP contribution in [0.5, 0.6) is 0 Å². The molecule has 1 N–H and O–H groups in total. The van der Waals surface area contributed by atoms with E-state index in [-0.39, 0.29) is 23.7 Å². The lowest BCUT2D eigenvalue weighted by molar-refractivity contribution is -0.136. The summed E-state index contributed by atoms with van der Waals surface area (Å²) in [6.45, 7) is 2.12. The van der Waals surface area contributed by atoms with E-state index in [1.54, 1.807) is 6.07 Å². The van der Waals surface area contributed by atoms with Gasteiger partial charge in [0, 0.05) is 19.6 Å². The van der Waals surface area contributed by atoms with E-state index >= 15 is 0 Å². The van der Waals surface area contributed by atoms with Crippen molar-refractivity contribution in [1.29, 1.82) is 0 Å². The van der Waals surface area contributed by atoms with Gasteiger partial charge in [0.05, 0.1) is 12.0 Å². The minimum atomic E-state index is -0.255. The summed E-state index contributed by atoms with van der Waals surface area (Å²) < 4.78 is 13.6. The van der Waals surface area contributed by atoms with E-state index in [0.29, 0.717) is 13.1 Å². The van der Waals surface area contributed by atoms with Gasteiger partial charge in [0.15, 0.2) is 0 Å². The summed E-state index contributed by atoms with van der Waals surface area (Å²) in [5.41, 5.74) is 3.27. The van der Waals surface area contributed by atoms with E-state index in [4.69, 9.17) is 0 Å². The first-order valence-electron chi connectivity index (χ1n) is 8.08. The predicted molar refractivity (Wildman–Crippen MR) is 86.6 cm³/mol. The lowest BCUT2D eigenvalue weighted by atomic mass is 9.76. The minimum absolute atomic E-state index is 0.0413. The molecule has 2 aliphatic rings. The molecule has 4 rings (SSSR count). The molecule has 1 amide bonds. The number of carbonyl (C=O) groups is 1. The van der Waals surface area contributed by atoms with Crippen LogP contribution in [0.25, 0.3) is 0 Å². The molecule has 118 valence electrons. The number of rotatable bonds is 2. The number of hydrogen-bond donors (Lipinski definition) is 1. The average Bonchev–Trinajstić information content (AvgIpc) is 2.56. The Balaban J connectivity index is 1.60. The van der Waals surface area contributed by atoms with E-state index in [0.717, 1.165) is 24.1 Å². The van der Waals surface area contributed by atoms with Crippen molar-refractivity contribution in [2.75, 3.05) is 19.6 Å². The molecule has 3 nitrogen and oxygen atoms in total. The maximum absolute atomic E-state index is 13.6. The second kappa shape index (κ2) is 5.78. The highest BCUT2D eigenvalue weighted by Gasteiger charge is 2.38. The summed E-state index contributed by atoms with van der Waals surface area (Å²) in [6, 6.07) is 14.6. The standard InChI is InChI=1S/C19H19FN2O/c20-15-6-3-5-14(10-15)18-12-21-8-9-22(18)19(23)17-11-13-4-1-2-7-16(13)17/h1-7,10,17-18,21H,8-9,11-12H2. The van der Waals surface area contributed by atoms with Crippen LogP contribution in [0, 0.1) is 5.82 Å². The summed E-state index contributed by atoms with van der Waals surface area (Å²) in [4.78, 5) is 14.9. The zero-order chi connectivity index (χ0) is 15.8. The normalized spacial score (nSPS) is 23.1. The molecule has 4 heteroatoms. The van der Waals surface area contributed by atoms with Crippen molar-refractivity contribution >= 4 is 5.91 Å². The van der Waals surface area contributed by atoms with Gasteiger partial charge in [-0.1, -0.05) is 36.4 Å². The topological polar surface area (TPSA) is 32.3 Å². The van der Waals surface area contributed by atoms with Gasteiger partial charge in [0.25, 0.3) is 0 Å². The highest BCUT2D eigenvalue weighted by molar-refractivity contribution is 5.87. The Hall–Kier alpha value is -2.20. The summed E-state index contributed by atoms with van der Waals surface area (Å²) in [5, 5.41) is 3.32. The highest BCUT2D eigenvalue weighted by atomic mass is 19.1. The van der Waals surface area contributed by atoms with Gasteiger partial charge < -0.3 is 10.2 Å². The van der Waals surface area contributed by atoms with Crippen LogP contribution >= 0.6 is 0 Å². The number of piperazine rings is 1. The van der Waals surface area contributed by atoms with Crippen LogP contribution in [0.1, 0.15) is 28.7 Å². The molecule has 23 heavy (non-hydrogen) atoms. The Morgan fingerprint density at radius 3 is 2.87 bits per heavy atom. The predicted octanol–water partition coefficient (Wildman–Crippen LogP) is 2.64. The zero-order valence-electron chi connectivity index (χ0n) is 12.8. The zero-order valence-corrected chi connectivity index (χ0v) is 12.8. The van der Waals surface area contributed by atoms with Crippen molar-refractivity contribution in [3.63, 3.8) is 0 Å². The SMILES string of the molecule is O=C(C1Cc2ccccc21)N1CCNCC1c1cccc(F)c1. The van der Waals surface area contributed by atoms with Crippen LogP contribution in [0.15, 0.2) is 48.5 Å². The van der Waals surface area contributed by atoms with Gasteiger partial charge in [-0.25, -0.2) is 4.39 Å². The van der Waals surface area contributed by atoms with Gasteiger partial charge in [-0.3, -0.25) is 4.79 Å². The fourth-order valence-electron chi connectivity index (χ4n) is 3.66. The fourth-order valence-corrected chi connectivity index (χ4v) is 3.66. The van der Waals surface area contributed by atoms with E-state index in [1.165, 1.54) is 17.7 Å². The van der Waals surface area contributed by atoms with E-state index in [2.05, 4.69) is 11.4 Å². The summed E-state index contributed by atoms with van der Waals surface area (Å²) in [6.07, 6.45) is 0.814. The number of carbonyl (C=O) groups excluding carboxylic acids is 1. The molecule has 1 heterocycles. The molecule has 0 saturated carbocycles. The fraction of sp³-hybridized carbons (Fsp3) is 0.316. The Morgan fingerprint density at radius 1 is 1.17 bits per heavy atom. The Kier molecular flexibility index (Phi) is 3.62. The van der Waals surface area contributed by atoms with Crippen LogP contribution in [-0.2, 0) is 11.2 Å². The first-order valence-corrected chi connectivity index (χ1v) is 8.08. The van der Waals surface area contributed by atoms with Crippen LogP contribution in [-0.4, -0.2) is 30.4 Å². The molecule has 2 atom stereocenters. The van der Waals surface area contributed by atoms with Crippen molar-refractivity contribution in [2.24, 2.45) is 0 Å². The largest absolute Gasteiger partial charge is 0.333 e. The number of benzene rings is 2. The number of amides is 1. The van der Waals surface area contributed by atoms with Crippen molar-refractivity contribution in [2.45, 2.75) is 18.4 Å². The quantitative estimate of drug-likeness (QED) is 0.925. The minimum Gasteiger partial charge on any atom is -0.333 e. The summed E-state index contributed by atoms with van der Waals surface area (Å²) >= 11 is 0. The molecule has 0 spiro atoms. The molecule has 2 aromatic carbocycles. The second-order valence-electron chi connectivity index (χ2n) is 6.26. The van der Waals surface area contributed by atoms with Crippen molar-refractivity contribution in [1.82, 2.24) is 10.2 Å². The van der Waals surface area contributed by atoms with Crippen molar-refractivity contribution < 1.29 is 9.18 Å². The Bertz CT molecular complexity index is 746. The van der Waals surface area contributed by atoms with E-state index in [1.807, 2.05) is 29.2 Å². The number of nitrogens with zero attached hydrogens (tertiary/aromatic N) is 1. The van der Waals surface area contributed by atoms with Crippen LogP contribution in [0.2, 0.25) is 0 Å². The lowest BCUT2D eigenvalue weighted by Crippen LogP contribution is -2.51.